The summed E-state index contributed by atoms with van der Waals surface area (Å²) in [6.07, 6.45) is 14.2. The first-order chi connectivity index (χ1) is 16.2. The van der Waals surface area contributed by atoms with Gasteiger partial charge >= 0.3 is 0 Å². The van der Waals surface area contributed by atoms with E-state index in [9.17, 15) is 9.59 Å². The summed E-state index contributed by atoms with van der Waals surface area (Å²) in [5, 5.41) is 5.12. The van der Waals surface area contributed by atoms with E-state index in [-0.39, 0.29) is 41.5 Å². The molecule has 3 aromatic rings. The summed E-state index contributed by atoms with van der Waals surface area (Å²) in [6, 6.07) is 13.2. The molecule has 4 aliphatic carbocycles. The van der Waals surface area contributed by atoms with Crippen LogP contribution in [0.5, 0.6) is 0 Å². The third kappa shape index (κ3) is 2.12. The fraction of sp³-hybridized carbons (Fsp3) is 0.333. The Balaban J connectivity index is 1.44. The maximum Gasteiger partial charge on any atom is 0.234 e. The Morgan fingerprint density at radius 3 is 1.70 bits per heavy atom. The molecule has 2 amide bonds. The van der Waals surface area contributed by atoms with E-state index in [1.54, 1.807) is 4.90 Å². The van der Waals surface area contributed by atoms with E-state index >= 15 is 0 Å². The normalized spacial score (nSPS) is 29.5. The SMILES string of the molecule is O=C1C2C3C=Cc4cccc5c4c3c3c4c(cccc45)C=CC3C2C(=O)N1C1CCCCC1. The summed E-state index contributed by atoms with van der Waals surface area (Å²) in [7, 11) is 0. The van der Waals surface area contributed by atoms with Crippen LogP contribution in [0.1, 0.15) is 66.2 Å². The molecule has 5 aliphatic rings. The lowest BCUT2D eigenvalue weighted by atomic mass is 9.60. The van der Waals surface area contributed by atoms with Gasteiger partial charge < -0.3 is 0 Å². The molecule has 0 radical (unpaired) electrons. The maximum absolute atomic E-state index is 14.0. The van der Waals surface area contributed by atoms with Crippen molar-refractivity contribution in [2.24, 2.45) is 11.8 Å². The second-order valence-corrected chi connectivity index (χ2v) is 10.5. The van der Waals surface area contributed by atoms with Gasteiger partial charge in [0.1, 0.15) is 0 Å². The average molecular weight is 432 g/mol. The first-order valence-electron chi connectivity index (χ1n) is 12.5. The summed E-state index contributed by atoms with van der Waals surface area (Å²) in [5.41, 5.74) is 5.08. The predicted molar refractivity (Wildman–Crippen MR) is 131 cm³/mol. The van der Waals surface area contributed by atoms with Crippen LogP contribution in [0.2, 0.25) is 0 Å². The van der Waals surface area contributed by atoms with Gasteiger partial charge in [0.05, 0.1) is 11.8 Å². The van der Waals surface area contributed by atoms with Gasteiger partial charge in [-0.1, -0.05) is 80.0 Å². The summed E-state index contributed by atoms with van der Waals surface area (Å²) in [6.45, 7) is 0. The Morgan fingerprint density at radius 2 is 1.18 bits per heavy atom. The molecule has 4 unspecified atom stereocenters. The molecule has 3 aromatic carbocycles. The third-order valence-corrected chi connectivity index (χ3v) is 9.09. The third-order valence-electron chi connectivity index (χ3n) is 9.09. The van der Waals surface area contributed by atoms with Crippen LogP contribution in [-0.4, -0.2) is 22.8 Å². The molecule has 2 fully saturated rings. The molecule has 0 N–H and O–H groups in total. The highest BCUT2D eigenvalue weighted by Gasteiger charge is 2.59. The number of benzene rings is 3. The van der Waals surface area contributed by atoms with Gasteiger partial charge in [0, 0.05) is 17.9 Å². The van der Waals surface area contributed by atoms with E-state index in [1.807, 2.05) is 0 Å². The van der Waals surface area contributed by atoms with E-state index in [2.05, 4.69) is 60.7 Å². The number of fused-ring (bicyclic) bond motifs is 4. The highest BCUT2D eigenvalue weighted by molar-refractivity contribution is 6.18. The molecule has 1 aliphatic heterocycles. The first-order valence-corrected chi connectivity index (χ1v) is 12.5. The largest absolute Gasteiger partial charge is 0.279 e. The number of hydrogen-bond acceptors (Lipinski definition) is 2. The standard InChI is InChI=1S/C30H25NO2/c32-29-27-21-14-12-16-6-4-10-19-20-11-5-7-17-13-15-22(26(24(17)20)25(21)23(16)19)28(27)30(33)31(29)18-8-2-1-3-9-18/h4-7,10-15,18,21-22,27-28H,1-3,8-9H2. The van der Waals surface area contributed by atoms with E-state index in [0.29, 0.717) is 0 Å². The zero-order valence-electron chi connectivity index (χ0n) is 18.5. The van der Waals surface area contributed by atoms with Gasteiger partial charge in [-0.25, -0.2) is 0 Å². The molecule has 162 valence electrons. The second-order valence-electron chi connectivity index (χ2n) is 10.5. The maximum atomic E-state index is 14.0. The molecule has 8 rings (SSSR count). The number of imide groups is 1. The number of likely N-dealkylation sites (tertiary alicyclic amines) is 1. The molecule has 1 heterocycles. The Hall–Kier alpha value is -3.20. The lowest BCUT2D eigenvalue weighted by Crippen LogP contribution is -2.42. The molecule has 1 saturated heterocycles. The van der Waals surface area contributed by atoms with E-state index in [4.69, 9.17) is 0 Å². The van der Waals surface area contributed by atoms with Crippen molar-refractivity contribution in [1.82, 2.24) is 4.90 Å². The zero-order valence-corrected chi connectivity index (χ0v) is 18.5. The second kappa shape index (κ2) is 6.22. The molecule has 1 saturated carbocycles. The molecular weight excluding hydrogens is 406 g/mol. The summed E-state index contributed by atoms with van der Waals surface area (Å²) in [5.74, 6) is -0.441. The fourth-order valence-electron chi connectivity index (χ4n) is 7.83. The van der Waals surface area contributed by atoms with Crippen LogP contribution >= 0.6 is 0 Å². The number of nitrogens with zero attached hydrogens (tertiary/aromatic N) is 1. The van der Waals surface area contributed by atoms with Crippen molar-refractivity contribution in [3.8, 4) is 0 Å². The van der Waals surface area contributed by atoms with Crippen LogP contribution in [-0.2, 0) is 9.59 Å². The van der Waals surface area contributed by atoms with Gasteiger partial charge in [-0.3, -0.25) is 14.5 Å². The zero-order chi connectivity index (χ0) is 21.8. The van der Waals surface area contributed by atoms with E-state index in [0.717, 1.165) is 25.7 Å². The molecule has 3 heteroatoms. The lowest BCUT2D eigenvalue weighted by Gasteiger charge is -2.41. The quantitative estimate of drug-likeness (QED) is 0.342. The van der Waals surface area contributed by atoms with Crippen molar-refractivity contribution in [2.75, 3.05) is 0 Å². The number of hydrogen-bond donors (Lipinski definition) is 0. The number of amides is 2. The monoisotopic (exact) mass is 431 g/mol. The minimum atomic E-state index is -0.280. The van der Waals surface area contributed by atoms with Gasteiger partial charge in [-0.05, 0) is 56.6 Å². The van der Waals surface area contributed by atoms with Crippen molar-refractivity contribution >= 4 is 45.5 Å². The van der Waals surface area contributed by atoms with Crippen molar-refractivity contribution in [1.29, 1.82) is 0 Å². The predicted octanol–water partition coefficient (Wildman–Crippen LogP) is 6.16. The Morgan fingerprint density at radius 1 is 0.667 bits per heavy atom. The molecule has 0 aromatic heterocycles. The number of rotatable bonds is 1. The van der Waals surface area contributed by atoms with E-state index < -0.39 is 0 Å². The van der Waals surface area contributed by atoms with Crippen LogP contribution in [0.3, 0.4) is 0 Å². The molecular formula is C30H25NO2. The Bertz CT molecular complexity index is 1370. The molecule has 3 nitrogen and oxygen atoms in total. The van der Waals surface area contributed by atoms with E-state index in [1.165, 1.54) is 50.2 Å². The Kier molecular flexibility index (Phi) is 3.44. The minimum Gasteiger partial charge on any atom is -0.279 e. The molecule has 4 atom stereocenters. The lowest BCUT2D eigenvalue weighted by molar-refractivity contribution is -0.143. The van der Waals surface area contributed by atoms with Crippen LogP contribution in [0, 0.1) is 11.8 Å². The number of carbonyl (C=O) groups is 2. The topological polar surface area (TPSA) is 37.4 Å². The van der Waals surface area contributed by atoms with Crippen molar-refractivity contribution in [2.45, 2.75) is 50.0 Å². The summed E-state index contributed by atoms with van der Waals surface area (Å²) >= 11 is 0. The fourth-order valence-corrected chi connectivity index (χ4v) is 7.83. The number of carbonyl (C=O) groups excluding carboxylic acids is 2. The van der Waals surface area contributed by atoms with Crippen molar-refractivity contribution in [3.05, 3.63) is 70.8 Å². The summed E-state index contributed by atoms with van der Waals surface area (Å²) < 4.78 is 0. The van der Waals surface area contributed by atoms with Crippen LogP contribution in [0.25, 0.3) is 33.7 Å². The van der Waals surface area contributed by atoms with Gasteiger partial charge in [0.25, 0.3) is 0 Å². The summed E-state index contributed by atoms with van der Waals surface area (Å²) in [4.78, 5) is 29.7. The smallest absolute Gasteiger partial charge is 0.234 e. The molecule has 0 spiro atoms. The van der Waals surface area contributed by atoms with Gasteiger partial charge in [0.15, 0.2) is 0 Å². The van der Waals surface area contributed by atoms with Crippen molar-refractivity contribution < 1.29 is 9.59 Å². The van der Waals surface area contributed by atoms with Gasteiger partial charge in [-0.2, -0.15) is 0 Å². The van der Waals surface area contributed by atoms with Crippen molar-refractivity contribution in [3.63, 3.8) is 0 Å². The van der Waals surface area contributed by atoms with Crippen LogP contribution in [0.4, 0.5) is 0 Å². The van der Waals surface area contributed by atoms with Crippen LogP contribution < -0.4 is 0 Å². The van der Waals surface area contributed by atoms with Crippen LogP contribution in [0.15, 0.2) is 48.6 Å². The molecule has 33 heavy (non-hydrogen) atoms. The minimum absolute atomic E-state index is 0.0207. The number of allylic oxidation sites excluding steroid dienone is 2. The highest BCUT2D eigenvalue weighted by Crippen LogP contribution is 2.59. The highest BCUT2D eigenvalue weighted by atomic mass is 16.2. The first kappa shape index (κ1) is 18.3. The van der Waals surface area contributed by atoms with Gasteiger partial charge in [0.2, 0.25) is 11.8 Å². The Labute approximate surface area is 192 Å². The average Bonchev–Trinajstić information content (AvgIpc) is 3.13. The van der Waals surface area contributed by atoms with Gasteiger partial charge in [-0.15, -0.1) is 0 Å². The molecule has 0 bridgehead atoms.